The molecule has 1 saturated heterocycles. The molecule has 2 heterocycles. The summed E-state index contributed by atoms with van der Waals surface area (Å²) in [4.78, 5) is 34.1. The molecular formula is C24H27N3O3S. The van der Waals surface area contributed by atoms with Gasteiger partial charge in [0.05, 0.1) is 23.9 Å². The summed E-state index contributed by atoms with van der Waals surface area (Å²) in [6.07, 6.45) is 4.55. The summed E-state index contributed by atoms with van der Waals surface area (Å²) in [6, 6.07) is 15.6. The normalized spacial score (nSPS) is 14.9. The number of hydrogen-bond acceptors (Lipinski definition) is 5. The molecule has 1 aliphatic heterocycles. The molecule has 6 nitrogen and oxygen atoms in total. The van der Waals surface area contributed by atoms with Crippen molar-refractivity contribution in [3.05, 3.63) is 54.1 Å². The second-order valence-electron chi connectivity index (χ2n) is 7.78. The summed E-state index contributed by atoms with van der Waals surface area (Å²) in [5.41, 5.74) is 1.85. The number of rotatable bonds is 6. The van der Waals surface area contributed by atoms with Gasteiger partial charge in [0, 0.05) is 13.0 Å². The number of carbonyl (C=O) groups excluding carboxylic acids is 2. The number of benzene rings is 2. The van der Waals surface area contributed by atoms with Gasteiger partial charge in [-0.15, -0.1) is 0 Å². The molecule has 0 unspecified atom stereocenters. The first-order chi connectivity index (χ1) is 15.1. The number of amides is 2. The molecular weight excluding hydrogens is 410 g/mol. The number of ether oxygens (including phenoxy) is 1. The highest BCUT2D eigenvalue weighted by atomic mass is 32.1. The molecule has 3 aromatic rings. The third-order valence-electron chi connectivity index (χ3n) is 5.55. The van der Waals surface area contributed by atoms with Gasteiger partial charge in [-0.05, 0) is 36.6 Å². The van der Waals surface area contributed by atoms with E-state index in [1.54, 1.807) is 16.9 Å². The zero-order valence-electron chi connectivity index (χ0n) is 17.8. The van der Waals surface area contributed by atoms with Crippen molar-refractivity contribution in [3.8, 4) is 5.75 Å². The Morgan fingerprint density at radius 1 is 1.13 bits per heavy atom. The zero-order valence-corrected chi connectivity index (χ0v) is 18.6. The van der Waals surface area contributed by atoms with Crippen molar-refractivity contribution in [2.24, 2.45) is 0 Å². The summed E-state index contributed by atoms with van der Waals surface area (Å²) < 4.78 is 6.28. The van der Waals surface area contributed by atoms with Gasteiger partial charge in [-0.25, -0.2) is 4.98 Å². The fourth-order valence-electron chi connectivity index (χ4n) is 3.79. The van der Waals surface area contributed by atoms with Crippen LogP contribution in [0.25, 0.3) is 10.2 Å². The molecule has 0 aliphatic carbocycles. The Morgan fingerprint density at radius 2 is 1.94 bits per heavy atom. The molecule has 31 heavy (non-hydrogen) atoms. The Balaban J connectivity index is 1.62. The molecule has 0 saturated carbocycles. The topological polar surface area (TPSA) is 62.7 Å². The van der Waals surface area contributed by atoms with Gasteiger partial charge >= 0.3 is 0 Å². The summed E-state index contributed by atoms with van der Waals surface area (Å²) in [6.45, 7) is 1.14. The molecule has 0 N–H and O–H groups in total. The highest BCUT2D eigenvalue weighted by molar-refractivity contribution is 7.22. The lowest BCUT2D eigenvalue weighted by atomic mass is 10.1. The predicted octanol–water partition coefficient (Wildman–Crippen LogP) is 4.63. The minimum atomic E-state index is -0.108. The van der Waals surface area contributed by atoms with Crippen molar-refractivity contribution in [2.75, 3.05) is 25.1 Å². The van der Waals surface area contributed by atoms with E-state index >= 15 is 0 Å². The van der Waals surface area contributed by atoms with E-state index in [1.165, 1.54) is 11.3 Å². The molecule has 0 spiro atoms. The van der Waals surface area contributed by atoms with Crippen molar-refractivity contribution in [2.45, 2.75) is 38.6 Å². The molecule has 0 atom stereocenters. The van der Waals surface area contributed by atoms with Crippen LogP contribution in [-0.2, 0) is 16.1 Å². The van der Waals surface area contributed by atoms with Crippen LogP contribution in [0, 0.1) is 0 Å². The Kier molecular flexibility index (Phi) is 6.82. The smallest absolute Gasteiger partial charge is 0.248 e. The van der Waals surface area contributed by atoms with Crippen molar-refractivity contribution in [1.82, 2.24) is 9.88 Å². The Bertz CT molecular complexity index is 1050. The van der Waals surface area contributed by atoms with E-state index in [9.17, 15) is 9.59 Å². The van der Waals surface area contributed by atoms with E-state index in [2.05, 4.69) is 0 Å². The fraction of sp³-hybridized carbons (Fsp3) is 0.375. The molecule has 0 bridgehead atoms. The lowest BCUT2D eigenvalue weighted by Crippen LogP contribution is -2.43. The van der Waals surface area contributed by atoms with E-state index in [0.29, 0.717) is 24.6 Å². The van der Waals surface area contributed by atoms with Gasteiger partial charge < -0.3 is 9.64 Å². The van der Waals surface area contributed by atoms with Crippen LogP contribution in [0.1, 0.15) is 37.7 Å². The van der Waals surface area contributed by atoms with E-state index in [0.717, 1.165) is 47.2 Å². The standard InChI is InChI=1S/C24H27N3O3S/c1-30-19-12-13-20-21(15-19)31-24(25-20)27(16-18-9-5-4-6-10-18)23(29)17-26-14-8-3-2-7-11-22(26)28/h4-6,9-10,12-13,15H,2-3,7-8,11,14,16-17H2,1H3. The number of likely N-dealkylation sites (tertiary alicyclic amines) is 1. The molecule has 2 amide bonds. The summed E-state index contributed by atoms with van der Waals surface area (Å²) >= 11 is 1.46. The Labute approximate surface area is 186 Å². The van der Waals surface area contributed by atoms with Crippen LogP contribution in [0.2, 0.25) is 0 Å². The number of methoxy groups -OCH3 is 1. The van der Waals surface area contributed by atoms with Crippen LogP contribution in [0.5, 0.6) is 5.75 Å². The minimum Gasteiger partial charge on any atom is -0.497 e. The number of aromatic nitrogens is 1. The number of carbonyl (C=O) groups is 2. The molecule has 7 heteroatoms. The summed E-state index contributed by atoms with van der Waals surface area (Å²) in [5, 5.41) is 0.636. The Hall–Kier alpha value is -2.93. The first kappa shape index (κ1) is 21.3. The van der Waals surface area contributed by atoms with Crippen LogP contribution in [0.4, 0.5) is 5.13 Å². The average molecular weight is 438 g/mol. The summed E-state index contributed by atoms with van der Waals surface area (Å²) in [7, 11) is 1.63. The number of thiazole rings is 1. The number of anilines is 1. The van der Waals surface area contributed by atoms with E-state index in [1.807, 2.05) is 48.5 Å². The van der Waals surface area contributed by atoms with Crippen molar-refractivity contribution in [3.63, 3.8) is 0 Å². The largest absolute Gasteiger partial charge is 0.497 e. The SMILES string of the molecule is COc1ccc2nc(N(Cc3ccccc3)C(=O)CN3CCCCCCC3=O)sc2c1. The van der Waals surface area contributed by atoms with Gasteiger partial charge in [0.1, 0.15) is 12.3 Å². The summed E-state index contributed by atoms with van der Waals surface area (Å²) in [5.74, 6) is 0.723. The monoisotopic (exact) mass is 437 g/mol. The quantitative estimate of drug-likeness (QED) is 0.564. The minimum absolute atomic E-state index is 0.0711. The van der Waals surface area contributed by atoms with Gasteiger partial charge in [-0.1, -0.05) is 54.5 Å². The van der Waals surface area contributed by atoms with Crippen LogP contribution < -0.4 is 9.64 Å². The first-order valence-corrected chi connectivity index (χ1v) is 11.5. The number of nitrogens with zero attached hydrogens (tertiary/aromatic N) is 3. The maximum atomic E-state index is 13.4. The van der Waals surface area contributed by atoms with Gasteiger partial charge in [-0.2, -0.15) is 0 Å². The van der Waals surface area contributed by atoms with Crippen LogP contribution in [-0.4, -0.2) is 41.9 Å². The fourth-order valence-corrected chi connectivity index (χ4v) is 4.81. The van der Waals surface area contributed by atoms with E-state index < -0.39 is 0 Å². The number of fused-ring (bicyclic) bond motifs is 1. The number of hydrogen-bond donors (Lipinski definition) is 0. The van der Waals surface area contributed by atoms with E-state index in [4.69, 9.17) is 9.72 Å². The lowest BCUT2D eigenvalue weighted by molar-refractivity contribution is -0.135. The molecule has 1 aromatic heterocycles. The van der Waals surface area contributed by atoms with Gasteiger partial charge in [0.15, 0.2) is 5.13 Å². The lowest BCUT2D eigenvalue weighted by Gasteiger charge is -2.27. The second-order valence-corrected chi connectivity index (χ2v) is 8.78. The highest BCUT2D eigenvalue weighted by Gasteiger charge is 2.25. The third-order valence-corrected chi connectivity index (χ3v) is 6.59. The average Bonchev–Trinajstić information content (AvgIpc) is 3.20. The third kappa shape index (κ3) is 5.22. The molecule has 2 aromatic carbocycles. The first-order valence-electron chi connectivity index (χ1n) is 10.7. The maximum Gasteiger partial charge on any atom is 0.248 e. The van der Waals surface area contributed by atoms with Crippen LogP contribution in [0.3, 0.4) is 0 Å². The molecule has 4 rings (SSSR count). The van der Waals surface area contributed by atoms with E-state index in [-0.39, 0.29) is 18.4 Å². The molecule has 162 valence electrons. The molecule has 0 radical (unpaired) electrons. The van der Waals surface area contributed by atoms with Crippen molar-refractivity contribution < 1.29 is 14.3 Å². The van der Waals surface area contributed by atoms with Crippen molar-refractivity contribution in [1.29, 1.82) is 0 Å². The maximum absolute atomic E-state index is 13.4. The van der Waals surface area contributed by atoms with Gasteiger partial charge in [0.25, 0.3) is 0 Å². The zero-order chi connectivity index (χ0) is 21.6. The predicted molar refractivity (Wildman–Crippen MR) is 123 cm³/mol. The van der Waals surface area contributed by atoms with Crippen LogP contribution in [0.15, 0.2) is 48.5 Å². The van der Waals surface area contributed by atoms with Gasteiger partial charge in [0.2, 0.25) is 11.8 Å². The Morgan fingerprint density at radius 3 is 2.74 bits per heavy atom. The molecule has 1 aliphatic rings. The highest BCUT2D eigenvalue weighted by Crippen LogP contribution is 2.32. The van der Waals surface area contributed by atoms with Crippen LogP contribution >= 0.6 is 11.3 Å². The molecule has 1 fully saturated rings. The van der Waals surface area contributed by atoms with Gasteiger partial charge in [-0.3, -0.25) is 14.5 Å². The van der Waals surface area contributed by atoms with Crippen molar-refractivity contribution >= 4 is 38.5 Å². The second kappa shape index (κ2) is 9.92.